The summed E-state index contributed by atoms with van der Waals surface area (Å²) < 4.78 is 1.56. The van der Waals surface area contributed by atoms with Crippen molar-refractivity contribution in [2.45, 2.75) is 18.9 Å². The zero-order chi connectivity index (χ0) is 15.1. The van der Waals surface area contributed by atoms with E-state index in [1.165, 1.54) is 12.1 Å². The summed E-state index contributed by atoms with van der Waals surface area (Å²) >= 11 is 0. The number of nitrogens with one attached hydrogen (secondary N) is 1. The molecule has 0 aliphatic carbocycles. The normalized spacial score (nSPS) is 19.2. The quantitative estimate of drug-likeness (QED) is 0.855. The van der Waals surface area contributed by atoms with Crippen molar-refractivity contribution in [3.63, 3.8) is 0 Å². The van der Waals surface area contributed by atoms with Crippen LogP contribution in [0.25, 0.3) is 11.0 Å². The number of fused-ring (bicyclic) bond motifs is 1. The number of hydrogen-bond acceptors (Lipinski definition) is 3. The average Bonchev–Trinajstić information content (AvgIpc) is 2.77. The first-order chi connectivity index (χ1) is 9.97. The first kappa shape index (κ1) is 13.4. The molecule has 0 radical (unpaired) electrons. The second-order valence-electron chi connectivity index (χ2n) is 5.30. The molecular formula is C14H15N3O4. The van der Waals surface area contributed by atoms with Crippen molar-refractivity contribution < 1.29 is 14.7 Å². The number of imidazole rings is 1. The van der Waals surface area contributed by atoms with Gasteiger partial charge in [-0.1, -0.05) is 0 Å². The van der Waals surface area contributed by atoms with Crippen molar-refractivity contribution in [3.05, 3.63) is 34.2 Å². The van der Waals surface area contributed by atoms with Gasteiger partial charge >= 0.3 is 11.7 Å². The number of aromatic nitrogens is 2. The first-order valence-corrected chi connectivity index (χ1v) is 6.69. The Labute approximate surface area is 119 Å². The number of carbonyl (C=O) groups excluding carboxylic acids is 1. The predicted molar refractivity (Wildman–Crippen MR) is 75.4 cm³/mol. The predicted octanol–water partition coefficient (Wildman–Crippen LogP) is 0.821. The number of carboxylic acid groups (broad SMARTS) is 1. The monoisotopic (exact) mass is 289 g/mol. The molecule has 110 valence electrons. The standard InChI is InChI=1S/C14H15N3O4/c1-16-7-9(3-5-12(16)18)17-11-6-8(13(19)20)2-4-10(11)15-14(17)21/h2,4,6,9H,3,5,7H2,1H3,(H,15,21)(H,19,20). The number of nitrogens with zero attached hydrogens (tertiary/aromatic N) is 2. The molecule has 1 aromatic carbocycles. The van der Waals surface area contributed by atoms with Crippen LogP contribution in [0.15, 0.2) is 23.0 Å². The smallest absolute Gasteiger partial charge is 0.335 e. The maximum absolute atomic E-state index is 12.2. The number of hydrogen-bond donors (Lipinski definition) is 2. The van der Waals surface area contributed by atoms with Crippen LogP contribution in [0, 0.1) is 0 Å². The van der Waals surface area contributed by atoms with Gasteiger partial charge in [-0.15, -0.1) is 0 Å². The van der Waals surface area contributed by atoms with Crippen molar-refractivity contribution >= 4 is 22.9 Å². The number of carbonyl (C=O) groups is 2. The fourth-order valence-corrected chi connectivity index (χ4v) is 2.82. The molecule has 7 heteroatoms. The van der Waals surface area contributed by atoms with Gasteiger partial charge < -0.3 is 15.0 Å². The third kappa shape index (κ3) is 2.20. The van der Waals surface area contributed by atoms with Gasteiger partial charge in [0.2, 0.25) is 5.91 Å². The number of aromatic amines is 1. The molecule has 2 N–H and O–H groups in total. The lowest BCUT2D eigenvalue weighted by Gasteiger charge is -2.30. The van der Waals surface area contributed by atoms with Crippen LogP contribution in [0.4, 0.5) is 0 Å². The van der Waals surface area contributed by atoms with Crippen molar-refractivity contribution in [1.29, 1.82) is 0 Å². The van der Waals surface area contributed by atoms with Crippen molar-refractivity contribution in [2.24, 2.45) is 0 Å². The molecule has 1 aromatic heterocycles. The summed E-state index contributed by atoms with van der Waals surface area (Å²) in [5, 5.41) is 9.08. The Balaban J connectivity index is 2.11. The Kier molecular flexibility index (Phi) is 3.04. The van der Waals surface area contributed by atoms with E-state index in [1.54, 1.807) is 22.6 Å². The van der Waals surface area contributed by atoms with Crippen molar-refractivity contribution in [3.8, 4) is 0 Å². The van der Waals surface area contributed by atoms with Gasteiger partial charge in [-0.2, -0.15) is 0 Å². The molecule has 2 aromatic rings. The lowest BCUT2D eigenvalue weighted by Crippen LogP contribution is -2.40. The third-order valence-corrected chi connectivity index (χ3v) is 3.93. The molecule has 3 rings (SSSR count). The number of carboxylic acids is 1. The van der Waals surface area contributed by atoms with Gasteiger partial charge in [0.15, 0.2) is 0 Å². The van der Waals surface area contributed by atoms with Crippen LogP contribution >= 0.6 is 0 Å². The Bertz CT molecular complexity index is 789. The summed E-state index contributed by atoms with van der Waals surface area (Å²) in [6.45, 7) is 0.447. The summed E-state index contributed by atoms with van der Waals surface area (Å²) in [5.74, 6) is -0.974. The fraction of sp³-hybridized carbons (Fsp3) is 0.357. The highest BCUT2D eigenvalue weighted by molar-refractivity contribution is 5.92. The van der Waals surface area contributed by atoms with Crippen LogP contribution in [0.1, 0.15) is 29.2 Å². The number of benzene rings is 1. The molecule has 1 unspecified atom stereocenters. The van der Waals surface area contributed by atoms with Crippen molar-refractivity contribution in [2.75, 3.05) is 13.6 Å². The van der Waals surface area contributed by atoms with Crippen LogP contribution in [0.3, 0.4) is 0 Å². The number of H-pyrrole nitrogens is 1. The Morgan fingerprint density at radius 2 is 2.14 bits per heavy atom. The van der Waals surface area contributed by atoms with Gasteiger partial charge in [0.05, 0.1) is 22.6 Å². The maximum atomic E-state index is 12.2. The number of likely N-dealkylation sites (tertiary alicyclic amines) is 1. The zero-order valence-electron chi connectivity index (χ0n) is 11.5. The van der Waals surface area contributed by atoms with Gasteiger partial charge in [0, 0.05) is 20.0 Å². The molecule has 1 fully saturated rings. The van der Waals surface area contributed by atoms with Crippen LogP contribution in [0.2, 0.25) is 0 Å². The van der Waals surface area contributed by atoms with E-state index >= 15 is 0 Å². The Morgan fingerprint density at radius 3 is 2.81 bits per heavy atom. The van der Waals surface area contributed by atoms with Gasteiger partial charge in [-0.05, 0) is 24.6 Å². The third-order valence-electron chi connectivity index (χ3n) is 3.93. The van der Waals surface area contributed by atoms with E-state index in [2.05, 4.69) is 4.98 Å². The highest BCUT2D eigenvalue weighted by Crippen LogP contribution is 2.24. The average molecular weight is 289 g/mol. The zero-order valence-corrected chi connectivity index (χ0v) is 11.5. The topological polar surface area (TPSA) is 95.4 Å². The molecule has 21 heavy (non-hydrogen) atoms. The highest BCUT2D eigenvalue weighted by Gasteiger charge is 2.26. The molecule has 1 aliphatic rings. The van der Waals surface area contributed by atoms with E-state index in [1.807, 2.05) is 0 Å². The summed E-state index contributed by atoms with van der Waals surface area (Å²) in [7, 11) is 1.71. The van der Waals surface area contributed by atoms with Gasteiger partial charge in [0.25, 0.3) is 0 Å². The molecule has 1 aliphatic heterocycles. The van der Waals surface area contributed by atoms with Crippen LogP contribution in [0.5, 0.6) is 0 Å². The lowest BCUT2D eigenvalue weighted by molar-refractivity contribution is -0.132. The lowest BCUT2D eigenvalue weighted by atomic mass is 10.1. The minimum Gasteiger partial charge on any atom is -0.478 e. The first-order valence-electron chi connectivity index (χ1n) is 6.69. The minimum atomic E-state index is -1.03. The number of piperidine rings is 1. The Morgan fingerprint density at radius 1 is 1.38 bits per heavy atom. The van der Waals surface area contributed by atoms with E-state index in [9.17, 15) is 14.4 Å². The van der Waals surface area contributed by atoms with Gasteiger partial charge in [-0.3, -0.25) is 9.36 Å². The molecule has 0 spiro atoms. The van der Waals surface area contributed by atoms with Crippen LogP contribution in [-0.4, -0.2) is 45.0 Å². The summed E-state index contributed by atoms with van der Waals surface area (Å²) in [6, 6.07) is 4.40. The van der Waals surface area contributed by atoms with Gasteiger partial charge in [-0.25, -0.2) is 9.59 Å². The SMILES string of the molecule is CN1CC(n2c(=O)[nH]c3ccc(C(=O)O)cc32)CCC1=O. The van der Waals surface area contributed by atoms with E-state index in [0.717, 1.165) is 0 Å². The minimum absolute atomic E-state index is 0.0605. The summed E-state index contributed by atoms with van der Waals surface area (Å²) in [4.78, 5) is 39.1. The molecule has 2 heterocycles. The molecule has 1 atom stereocenters. The van der Waals surface area contributed by atoms with Crippen LogP contribution in [-0.2, 0) is 4.79 Å². The number of aromatic carboxylic acids is 1. The molecule has 0 saturated carbocycles. The van der Waals surface area contributed by atoms with E-state index in [0.29, 0.717) is 30.4 Å². The van der Waals surface area contributed by atoms with E-state index in [-0.39, 0.29) is 23.2 Å². The number of rotatable bonds is 2. The van der Waals surface area contributed by atoms with Gasteiger partial charge in [0.1, 0.15) is 0 Å². The van der Waals surface area contributed by atoms with Crippen molar-refractivity contribution in [1.82, 2.24) is 14.5 Å². The maximum Gasteiger partial charge on any atom is 0.335 e. The number of amides is 1. The largest absolute Gasteiger partial charge is 0.478 e. The van der Waals surface area contributed by atoms with Crippen LogP contribution < -0.4 is 5.69 Å². The molecule has 7 nitrogen and oxygen atoms in total. The highest BCUT2D eigenvalue weighted by atomic mass is 16.4. The molecular weight excluding hydrogens is 274 g/mol. The van der Waals surface area contributed by atoms with E-state index < -0.39 is 5.97 Å². The summed E-state index contributed by atoms with van der Waals surface area (Å²) in [6.07, 6.45) is 0.965. The second kappa shape index (κ2) is 4.76. The molecule has 1 saturated heterocycles. The second-order valence-corrected chi connectivity index (χ2v) is 5.30. The molecule has 0 bridgehead atoms. The van der Waals surface area contributed by atoms with E-state index in [4.69, 9.17) is 5.11 Å². The Hall–Kier alpha value is -2.57. The number of likely N-dealkylation sites (N-methyl/N-ethyl adjacent to an activating group) is 1. The fourth-order valence-electron chi connectivity index (χ4n) is 2.82. The summed E-state index contributed by atoms with van der Waals surface area (Å²) in [5.41, 5.74) is 1.02. The molecule has 1 amide bonds.